The molecule has 2 aromatic heterocycles. The molecule has 0 radical (unpaired) electrons. The Morgan fingerprint density at radius 1 is 0.940 bits per heavy atom. The fraction of sp³-hybridized carbons (Fsp3) is 0.282. The molecule has 256 valence electrons. The first-order chi connectivity index (χ1) is 23.9. The molecule has 1 amide bonds. The Morgan fingerprint density at radius 3 is 2.46 bits per heavy atom. The summed E-state index contributed by atoms with van der Waals surface area (Å²) in [6, 6.07) is 24.2. The summed E-state index contributed by atoms with van der Waals surface area (Å²) in [7, 11) is 0. The summed E-state index contributed by atoms with van der Waals surface area (Å²) in [5.74, 6) is -1.45. The number of ether oxygens (including phenoxy) is 2. The van der Waals surface area contributed by atoms with E-state index in [-0.39, 0.29) is 18.0 Å². The molecule has 4 N–H and O–H groups in total. The number of esters is 2. The zero-order valence-corrected chi connectivity index (χ0v) is 28.1. The van der Waals surface area contributed by atoms with Gasteiger partial charge in [0.25, 0.3) is 5.91 Å². The van der Waals surface area contributed by atoms with Gasteiger partial charge in [-0.3, -0.25) is 14.4 Å². The second kappa shape index (κ2) is 13.0. The summed E-state index contributed by atoms with van der Waals surface area (Å²) in [6.45, 7) is 5.24. The molecule has 50 heavy (non-hydrogen) atoms. The topological polar surface area (TPSA) is 141 Å². The van der Waals surface area contributed by atoms with Crippen LogP contribution in [-0.2, 0) is 19.1 Å². The van der Waals surface area contributed by atoms with Crippen LogP contribution in [0.25, 0.3) is 49.9 Å². The molecule has 1 aliphatic carbocycles. The number of aromatic nitrogens is 3. The van der Waals surface area contributed by atoms with E-state index in [0.29, 0.717) is 53.8 Å². The number of H-pyrrole nitrogens is 1. The van der Waals surface area contributed by atoms with Crippen molar-refractivity contribution in [2.75, 3.05) is 5.32 Å². The Kier molecular flexibility index (Phi) is 8.51. The lowest BCUT2D eigenvalue weighted by atomic mass is 9.92. The van der Waals surface area contributed by atoms with Gasteiger partial charge in [0, 0.05) is 33.8 Å². The molecule has 1 saturated carbocycles. The third-order valence-corrected chi connectivity index (χ3v) is 8.96. The Balaban J connectivity index is 1.17. The van der Waals surface area contributed by atoms with Crippen molar-refractivity contribution in [2.45, 2.75) is 70.6 Å². The minimum Gasteiger partial charge on any atom is -0.462 e. The van der Waals surface area contributed by atoms with Gasteiger partial charge < -0.3 is 30.1 Å². The Bertz CT molecular complexity index is 2280. The number of rotatable bonds is 8. The number of imidazole rings is 1. The summed E-state index contributed by atoms with van der Waals surface area (Å²) < 4.78 is 26.9. The minimum atomic E-state index is -0.676. The van der Waals surface area contributed by atoms with E-state index in [2.05, 4.69) is 20.9 Å². The molecule has 2 heterocycles. The Hall–Kier alpha value is -5.71. The number of benzene rings is 4. The van der Waals surface area contributed by atoms with Crippen LogP contribution in [-0.4, -0.2) is 50.1 Å². The molecule has 0 bridgehead atoms. The van der Waals surface area contributed by atoms with E-state index < -0.39 is 29.9 Å². The molecular weight excluding hydrogens is 637 g/mol. The van der Waals surface area contributed by atoms with Gasteiger partial charge in [-0.25, -0.2) is 9.37 Å². The second-order valence-electron chi connectivity index (χ2n) is 13.8. The molecular formula is C39H38FN5O5. The van der Waals surface area contributed by atoms with Gasteiger partial charge in [-0.1, -0.05) is 30.3 Å². The number of anilines is 1. The standard InChI is InChI=1S/C39H38FN5O5/c1-39(2,3)50-35(47)21-34(46)49-25-15-12-23(13-16-25)42-30-20-24(14-17-26(30)37(41)48)45-32-9-5-4-7-27(32)36-28(8-6-10-33(36)45)38-43-29-18-11-22(40)19-31(29)44-38/h4-11,14,17-20,23,25,42H,12-13,15-16,21H2,1-3H3,(H2,41,48)(H,43,44)/t23-,25-. The lowest BCUT2D eigenvalue weighted by Crippen LogP contribution is -2.32. The maximum Gasteiger partial charge on any atom is 0.317 e. The predicted molar refractivity (Wildman–Crippen MR) is 191 cm³/mol. The maximum atomic E-state index is 14.0. The number of nitrogens with one attached hydrogen (secondary N) is 2. The Morgan fingerprint density at radius 2 is 1.70 bits per heavy atom. The van der Waals surface area contributed by atoms with E-state index >= 15 is 0 Å². The summed E-state index contributed by atoms with van der Waals surface area (Å²) in [5.41, 5.74) is 11.0. The van der Waals surface area contributed by atoms with Gasteiger partial charge in [0.05, 0.1) is 27.6 Å². The van der Waals surface area contributed by atoms with E-state index in [1.807, 2.05) is 48.5 Å². The number of para-hydroxylation sites is 1. The van der Waals surface area contributed by atoms with Gasteiger partial charge in [0.15, 0.2) is 0 Å². The van der Waals surface area contributed by atoms with Crippen LogP contribution in [0.15, 0.2) is 78.9 Å². The second-order valence-corrected chi connectivity index (χ2v) is 13.8. The molecule has 0 saturated heterocycles. The molecule has 7 rings (SSSR count). The first-order valence-corrected chi connectivity index (χ1v) is 16.7. The first kappa shape index (κ1) is 32.8. The number of aromatic amines is 1. The zero-order chi connectivity index (χ0) is 35.2. The van der Waals surface area contributed by atoms with E-state index in [0.717, 1.165) is 33.1 Å². The zero-order valence-electron chi connectivity index (χ0n) is 28.1. The van der Waals surface area contributed by atoms with Crippen molar-refractivity contribution in [1.29, 1.82) is 0 Å². The van der Waals surface area contributed by atoms with Crippen molar-refractivity contribution in [3.8, 4) is 17.1 Å². The van der Waals surface area contributed by atoms with Crippen molar-refractivity contribution in [2.24, 2.45) is 5.73 Å². The molecule has 1 fully saturated rings. The lowest BCUT2D eigenvalue weighted by molar-refractivity contribution is -0.164. The van der Waals surface area contributed by atoms with Crippen molar-refractivity contribution in [3.05, 3.63) is 90.2 Å². The van der Waals surface area contributed by atoms with Gasteiger partial charge >= 0.3 is 11.9 Å². The highest BCUT2D eigenvalue weighted by Gasteiger charge is 2.27. The van der Waals surface area contributed by atoms with Crippen LogP contribution in [0.2, 0.25) is 0 Å². The highest BCUT2D eigenvalue weighted by atomic mass is 19.1. The van der Waals surface area contributed by atoms with E-state index in [4.69, 9.17) is 20.2 Å². The fourth-order valence-electron chi connectivity index (χ4n) is 6.88. The number of fused-ring (bicyclic) bond motifs is 4. The third kappa shape index (κ3) is 6.63. The largest absolute Gasteiger partial charge is 0.462 e. The number of hydrogen-bond donors (Lipinski definition) is 3. The molecule has 11 heteroatoms. The molecule has 0 atom stereocenters. The highest BCUT2D eigenvalue weighted by molar-refractivity contribution is 6.15. The van der Waals surface area contributed by atoms with Crippen molar-refractivity contribution in [1.82, 2.24) is 14.5 Å². The van der Waals surface area contributed by atoms with Crippen LogP contribution in [0.4, 0.5) is 10.1 Å². The summed E-state index contributed by atoms with van der Waals surface area (Å²) in [4.78, 5) is 45.1. The number of amides is 1. The number of carbonyl (C=O) groups excluding carboxylic acids is 3. The van der Waals surface area contributed by atoms with Crippen LogP contribution < -0.4 is 11.1 Å². The monoisotopic (exact) mass is 675 g/mol. The number of nitrogens with two attached hydrogens (primary N) is 1. The molecule has 0 aliphatic heterocycles. The molecule has 1 aliphatic rings. The average Bonchev–Trinajstić information content (AvgIpc) is 3.63. The van der Waals surface area contributed by atoms with Crippen LogP contribution in [0, 0.1) is 5.82 Å². The van der Waals surface area contributed by atoms with Gasteiger partial charge in [-0.05, 0) is 95.0 Å². The number of halogens is 1. The molecule has 0 unspecified atom stereocenters. The van der Waals surface area contributed by atoms with Gasteiger partial charge in [-0.2, -0.15) is 0 Å². The number of primary amides is 1. The van der Waals surface area contributed by atoms with E-state index in [1.54, 1.807) is 32.9 Å². The van der Waals surface area contributed by atoms with Crippen LogP contribution in [0.1, 0.15) is 63.2 Å². The van der Waals surface area contributed by atoms with Crippen molar-refractivity contribution >= 4 is 56.4 Å². The SMILES string of the molecule is CC(C)(C)OC(=O)CC(=O)O[C@H]1CC[C@H](Nc2cc(-n3c4ccccc4c4c(-c5nc6ccc(F)cc6[nH]5)cccc43)ccc2C(N)=O)CC1. The van der Waals surface area contributed by atoms with Gasteiger partial charge in [-0.15, -0.1) is 0 Å². The highest BCUT2D eigenvalue weighted by Crippen LogP contribution is 2.39. The molecule has 10 nitrogen and oxygen atoms in total. The fourth-order valence-corrected chi connectivity index (χ4v) is 6.88. The van der Waals surface area contributed by atoms with Gasteiger partial charge in [0.1, 0.15) is 29.8 Å². The summed E-state index contributed by atoms with van der Waals surface area (Å²) >= 11 is 0. The molecule has 0 spiro atoms. The predicted octanol–water partition coefficient (Wildman–Crippen LogP) is 7.56. The third-order valence-electron chi connectivity index (χ3n) is 8.96. The summed E-state index contributed by atoms with van der Waals surface area (Å²) in [5, 5.41) is 5.54. The van der Waals surface area contributed by atoms with E-state index in [9.17, 15) is 18.8 Å². The van der Waals surface area contributed by atoms with E-state index in [1.165, 1.54) is 12.1 Å². The average molecular weight is 676 g/mol. The number of hydrogen-bond acceptors (Lipinski definition) is 7. The maximum absolute atomic E-state index is 14.0. The minimum absolute atomic E-state index is 0.00633. The normalized spacial score (nSPS) is 16.5. The van der Waals surface area contributed by atoms with Crippen LogP contribution >= 0.6 is 0 Å². The number of carbonyl (C=O) groups is 3. The number of nitrogens with zero attached hydrogens (tertiary/aromatic N) is 2. The van der Waals surface area contributed by atoms with Crippen LogP contribution in [0.5, 0.6) is 0 Å². The first-order valence-electron chi connectivity index (χ1n) is 16.7. The quantitative estimate of drug-likeness (QED) is 0.112. The molecule has 6 aromatic rings. The molecule has 4 aromatic carbocycles. The smallest absolute Gasteiger partial charge is 0.317 e. The van der Waals surface area contributed by atoms with Gasteiger partial charge in [0.2, 0.25) is 0 Å². The van der Waals surface area contributed by atoms with Crippen LogP contribution in [0.3, 0.4) is 0 Å². The summed E-state index contributed by atoms with van der Waals surface area (Å²) in [6.07, 6.45) is 1.86. The Labute approximate surface area is 287 Å². The lowest BCUT2D eigenvalue weighted by Gasteiger charge is -2.30. The van der Waals surface area contributed by atoms with Crippen molar-refractivity contribution < 1.29 is 28.2 Å². The van der Waals surface area contributed by atoms with Crippen molar-refractivity contribution in [3.63, 3.8) is 0 Å².